The average molecular weight is 382 g/mol. The zero-order valence-corrected chi connectivity index (χ0v) is 15.6. The van der Waals surface area contributed by atoms with Gasteiger partial charge in [-0.1, -0.05) is 30.3 Å². The molecule has 3 rings (SSSR count). The van der Waals surface area contributed by atoms with Gasteiger partial charge in [0.05, 0.1) is 11.1 Å². The summed E-state index contributed by atoms with van der Waals surface area (Å²) in [5, 5.41) is 2.83. The summed E-state index contributed by atoms with van der Waals surface area (Å²) < 4.78 is 13.5. The van der Waals surface area contributed by atoms with Crippen molar-refractivity contribution in [2.45, 2.75) is 32.1 Å². The molecule has 1 heterocycles. The zero-order valence-electron chi connectivity index (χ0n) is 15.6. The summed E-state index contributed by atoms with van der Waals surface area (Å²) in [6, 6.07) is 13.4. The Labute approximate surface area is 163 Å². The largest absolute Gasteiger partial charge is 0.356 e. The molecule has 2 aromatic rings. The molecule has 6 heteroatoms. The number of benzene rings is 2. The van der Waals surface area contributed by atoms with Crippen molar-refractivity contribution < 1.29 is 18.8 Å². The van der Waals surface area contributed by atoms with E-state index in [0.29, 0.717) is 36.1 Å². The third-order valence-electron chi connectivity index (χ3n) is 4.82. The number of carbonyl (C=O) groups is 3. The van der Waals surface area contributed by atoms with Gasteiger partial charge in [0, 0.05) is 19.5 Å². The van der Waals surface area contributed by atoms with Crippen molar-refractivity contribution >= 4 is 17.7 Å². The number of aryl methyl sites for hydroxylation is 1. The molecule has 0 aromatic heterocycles. The quantitative estimate of drug-likeness (QED) is 0.534. The van der Waals surface area contributed by atoms with E-state index in [-0.39, 0.29) is 36.5 Å². The third-order valence-corrected chi connectivity index (χ3v) is 4.82. The molecular weight excluding hydrogens is 359 g/mol. The fourth-order valence-corrected chi connectivity index (χ4v) is 3.30. The minimum absolute atomic E-state index is 0.109. The number of imide groups is 1. The Kier molecular flexibility index (Phi) is 6.53. The van der Waals surface area contributed by atoms with Gasteiger partial charge in [0.15, 0.2) is 0 Å². The lowest BCUT2D eigenvalue weighted by atomic mass is 10.1. The lowest BCUT2D eigenvalue weighted by Gasteiger charge is -2.13. The smallest absolute Gasteiger partial charge is 0.261 e. The van der Waals surface area contributed by atoms with Crippen LogP contribution in [0.1, 0.15) is 52.0 Å². The Morgan fingerprint density at radius 1 is 0.893 bits per heavy atom. The molecule has 0 bridgehead atoms. The number of nitrogens with zero attached hydrogens (tertiary/aromatic N) is 1. The van der Waals surface area contributed by atoms with Crippen molar-refractivity contribution in [3.8, 4) is 0 Å². The van der Waals surface area contributed by atoms with Gasteiger partial charge in [-0.15, -0.1) is 0 Å². The van der Waals surface area contributed by atoms with E-state index in [0.717, 1.165) is 12.8 Å². The second-order valence-electron chi connectivity index (χ2n) is 6.81. The lowest BCUT2D eigenvalue weighted by molar-refractivity contribution is -0.121. The number of carbonyl (C=O) groups excluding carboxylic acids is 3. The van der Waals surface area contributed by atoms with Gasteiger partial charge in [0.1, 0.15) is 5.82 Å². The predicted molar refractivity (Wildman–Crippen MR) is 103 cm³/mol. The van der Waals surface area contributed by atoms with Gasteiger partial charge in [-0.3, -0.25) is 19.3 Å². The molecule has 0 aliphatic carbocycles. The van der Waals surface area contributed by atoms with Crippen LogP contribution in [0.25, 0.3) is 0 Å². The van der Waals surface area contributed by atoms with E-state index in [4.69, 9.17) is 0 Å². The van der Waals surface area contributed by atoms with Crippen LogP contribution in [0.3, 0.4) is 0 Å². The van der Waals surface area contributed by atoms with Crippen LogP contribution in [0.15, 0.2) is 48.5 Å². The lowest BCUT2D eigenvalue weighted by Crippen LogP contribution is -2.32. The van der Waals surface area contributed by atoms with E-state index >= 15 is 0 Å². The molecule has 1 N–H and O–H groups in total. The minimum atomic E-state index is -0.297. The number of hydrogen-bond donors (Lipinski definition) is 1. The molecule has 1 aliphatic rings. The van der Waals surface area contributed by atoms with E-state index in [1.54, 1.807) is 36.4 Å². The van der Waals surface area contributed by atoms with E-state index in [9.17, 15) is 18.8 Å². The molecule has 0 fully saturated rings. The monoisotopic (exact) mass is 382 g/mol. The van der Waals surface area contributed by atoms with Crippen LogP contribution >= 0.6 is 0 Å². The van der Waals surface area contributed by atoms with Crippen LogP contribution < -0.4 is 5.32 Å². The second kappa shape index (κ2) is 9.26. The van der Waals surface area contributed by atoms with Gasteiger partial charge in [0.25, 0.3) is 11.8 Å². The number of nitrogens with one attached hydrogen (secondary N) is 1. The van der Waals surface area contributed by atoms with Crippen molar-refractivity contribution in [2.75, 3.05) is 13.1 Å². The first-order chi connectivity index (χ1) is 13.6. The van der Waals surface area contributed by atoms with Crippen LogP contribution in [0.2, 0.25) is 0 Å². The van der Waals surface area contributed by atoms with Gasteiger partial charge >= 0.3 is 0 Å². The molecule has 0 spiro atoms. The summed E-state index contributed by atoms with van der Waals surface area (Å²) >= 11 is 0. The number of halogens is 1. The Balaban J connectivity index is 1.32. The maximum atomic E-state index is 13.5. The molecule has 1 aliphatic heterocycles. The van der Waals surface area contributed by atoms with E-state index in [1.807, 2.05) is 6.07 Å². The standard InChI is InChI=1S/C22H23FN2O3/c23-19-12-4-1-8-16(19)9-5-6-14-24-20(26)13-7-15-25-21(27)17-10-2-3-11-18(17)22(25)28/h1-4,8,10-12H,5-7,9,13-15H2,(H,24,26). The van der Waals surface area contributed by atoms with Crippen molar-refractivity contribution in [1.29, 1.82) is 0 Å². The van der Waals surface area contributed by atoms with Crippen LogP contribution in [-0.4, -0.2) is 35.7 Å². The van der Waals surface area contributed by atoms with Crippen LogP contribution in [0.5, 0.6) is 0 Å². The Bertz CT molecular complexity index is 847. The minimum Gasteiger partial charge on any atom is -0.356 e. The number of unbranched alkanes of at least 4 members (excludes halogenated alkanes) is 1. The molecule has 5 nitrogen and oxygen atoms in total. The van der Waals surface area contributed by atoms with E-state index in [2.05, 4.69) is 5.32 Å². The van der Waals surface area contributed by atoms with Gasteiger partial charge in [-0.2, -0.15) is 0 Å². The molecule has 0 saturated carbocycles. The predicted octanol–water partition coefficient (Wildman–Crippen LogP) is 3.34. The highest BCUT2D eigenvalue weighted by Gasteiger charge is 2.34. The first-order valence-corrected chi connectivity index (χ1v) is 9.53. The molecule has 0 unspecified atom stereocenters. The molecule has 0 radical (unpaired) electrons. The van der Waals surface area contributed by atoms with Gasteiger partial charge in [-0.05, 0) is 49.4 Å². The summed E-state index contributed by atoms with van der Waals surface area (Å²) in [5.74, 6) is -0.898. The van der Waals surface area contributed by atoms with Crippen LogP contribution in [0, 0.1) is 5.82 Å². The van der Waals surface area contributed by atoms with Gasteiger partial charge < -0.3 is 5.32 Å². The van der Waals surface area contributed by atoms with Crippen molar-refractivity contribution in [2.24, 2.45) is 0 Å². The summed E-state index contributed by atoms with van der Waals surface area (Å²) in [6.45, 7) is 0.757. The summed E-state index contributed by atoms with van der Waals surface area (Å²) in [5.41, 5.74) is 1.54. The number of fused-ring (bicyclic) bond motifs is 1. The second-order valence-corrected chi connectivity index (χ2v) is 6.81. The first kappa shape index (κ1) is 19.7. The fraction of sp³-hybridized carbons (Fsp3) is 0.318. The highest BCUT2D eigenvalue weighted by atomic mass is 19.1. The third kappa shape index (κ3) is 4.63. The van der Waals surface area contributed by atoms with Gasteiger partial charge in [-0.25, -0.2) is 4.39 Å². The molecule has 0 saturated heterocycles. The molecule has 28 heavy (non-hydrogen) atoms. The molecule has 0 atom stereocenters. The highest BCUT2D eigenvalue weighted by molar-refractivity contribution is 6.21. The molecule has 2 aromatic carbocycles. The van der Waals surface area contributed by atoms with Crippen molar-refractivity contribution in [1.82, 2.24) is 10.2 Å². The number of rotatable bonds is 9. The fourth-order valence-electron chi connectivity index (χ4n) is 3.30. The van der Waals surface area contributed by atoms with Crippen LogP contribution in [-0.2, 0) is 11.2 Å². The normalized spacial score (nSPS) is 13.0. The summed E-state index contributed by atoms with van der Waals surface area (Å²) in [4.78, 5) is 37.6. The van der Waals surface area contributed by atoms with E-state index < -0.39 is 0 Å². The maximum absolute atomic E-state index is 13.5. The van der Waals surface area contributed by atoms with Crippen molar-refractivity contribution in [3.05, 3.63) is 71.0 Å². The molecular formula is C22H23FN2O3. The molecule has 3 amide bonds. The van der Waals surface area contributed by atoms with Crippen molar-refractivity contribution in [3.63, 3.8) is 0 Å². The van der Waals surface area contributed by atoms with E-state index in [1.165, 1.54) is 11.0 Å². The highest BCUT2D eigenvalue weighted by Crippen LogP contribution is 2.22. The summed E-state index contributed by atoms with van der Waals surface area (Å²) in [6.07, 6.45) is 2.87. The maximum Gasteiger partial charge on any atom is 0.261 e. The molecule has 146 valence electrons. The Morgan fingerprint density at radius 2 is 1.54 bits per heavy atom. The number of amides is 3. The topological polar surface area (TPSA) is 66.5 Å². The summed E-state index contributed by atoms with van der Waals surface area (Å²) in [7, 11) is 0. The SMILES string of the molecule is O=C(CCCN1C(=O)c2ccccc2C1=O)NCCCCc1ccccc1F. The first-order valence-electron chi connectivity index (χ1n) is 9.53. The van der Waals surface area contributed by atoms with Crippen LogP contribution in [0.4, 0.5) is 4.39 Å². The zero-order chi connectivity index (χ0) is 19.9. The number of hydrogen-bond acceptors (Lipinski definition) is 3. The van der Waals surface area contributed by atoms with Gasteiger partial charge in [0.2, 0.25) is 5.91 Å². The Hall–Kier alpha value is -3.02. The Morgan fingerprint density at radius 3 is 2.21 bits per heavy atom. The average Bonchev–Trinajstić information content (AvgIpc) is 2.94.